The number of methoxy groups -OCH3 is 1. The molecule has 0 aliphatic heterocycles. The summed E-state index contributed by atoms with van der Waals surface area (Å²) in [6.07, 6.45) is -1.12. The minimum Gasteiger partial charge on any atom is -0.478 e. The largest absolute Gasteiger partial charge is 0.478 e. The van der Waals surface area contributed by atoms with Crippen molar-refractivity contribution >= 4 is 38.6 Å². The van der Waals surface area contributed by atoms with E-state index >= 15 is 0 Å². The first kappa shape index (κ1) is 18.3. The summed E-state index contributed by atoms with van der Waals surface area (Å²) in [7, 11) is 1.39. The maximum absolute atomic E-state index is 13.3. The highest BCUT2D eigenvalue weighted by Crippen LogP contribution is 2.25. The Hall–Kier alpha value is -2.52. The van der Waals surface area contributed by atoms with Crippen LogP contribution >= 0.6 is 15.9 Å². The van der Waals surface area contributed by atoms with E-state index in [0.717, 1.165) is 22.1 Å². The maximum atomic E-state index is 13.3. The molecular formula is C17H14BrF2N3O3. The summed E-state index contributed by atoms with van der Waals surface area (Å²) in [5.74, 6) is -1.99. The zero-order valence-corrected chi connectivity index (χ0v) is 15.1. The van der Waals surface area contributed by atoms with Gasteiger partial charge in [-0.15, -0.1) is 0 Å². The molecule has 3 rings (SSSR count). The van der Waals surface area contributed by atoms with Gasteiger partial charge in [-0.25, -0.2) is 8.78 Å². The fourth-order valence-corrected chi connectivity index (χ4v) is 2.72. The van der Waals surface area contributed by atoms with Gasteiger partial charge in [-0.05, 0) is 18.2 Å². The Morgan fingerprint density at radius 1 is 1.27 bits per heavy atom. The fourth-order valence-electron chi connectivity index (χ4n) is 2.35. The molecule has 1 amide bonds. The van der Waals surface area contributed by atoms with E-state index in [1.165, 1.54) is 7.11 Å². The van der Waals surface area contributed by atoms with E-state index in [4.69, 9.17) is 9.47 Å². The number of aromatic nitrogens is 2. The van der Waals surface area contributed by atoms with Crippen LogP contribution in [0.1, 0.15) is 0 Å². The van der Waals surface area contributed by atoms with Crippen molar-refractivity contribution in [3.05, 3.63) is 52.5 Å². The Bertz CT molecular complexity index is 928. The van der Waals surface area contributed by atoms with E-state index in [1.807, 2.05) is 6.07 Å². The molecule has 2 N–H and O–H groups in total. The molecule has 1 atom stereocenters. The van der Waals surface area contributed by atoms with Gasteiger partial charge in [0, 0.05) is 35.2 Å². The van der Waals surface area contributed by atoms with Gasteiger partial charge in [-0.2, -0.15) is 5.10 Å². The SMILES string of the molecule is COCC(Oc1cc(F)cc(F)c1)C(=O)Nc1n[nH]c2ccc(Br)cc12. The number of benzene rings is 2. The second-order valence-electron chi connectivity index (χ2n) is 5.42. The van der Waals surface area contributed by atoms with E-state index < -0.39 is 23.6 Å². The highest BCUT2D eigenvalue weighted by molar-refractivity contribution is 9.10. The molecule has 136 valence electrons. The number of ether oxygens (including phenoxy) is 2. The van der Waals surface area contributed by atoms with Gasteiger partial charge >= 0.3 is 0 Å². The number of H-pyrrole nitrogens is 1. The minimum atomic E-state index is -1.12. The average molecular weight is 426 g/mol. The molecule has 3 aromatic rings. The Balaban J connectivity index is 1.80. The van der Waals surface area contributed by atoms with Crippen LogP contribution in [-0.2, 0) is 9.53 Å². The third-order valence-corrected chi connectivity index (χ3v) is 3.98. The Kier molecular flexibility index (Phi) is 5.48. The third-order valence-electron chi connectivity index (χ3n) is 3.49. The lowest BCUT2D eigenvalue weighted by molar-refractivity contribution is -0.124. The predicted octanol–water partition coefficient (Wildman–Crippen LogP) is 3.64. The van der Waals surface area contributed by atoms with Gasteiger partial charge in [-0.3, -0.25) is 9.89 Å². The van der Waals surface area contributed by atoms with E-state index in [1.54, 1.807) is 12.1 Å². The number of carbonyl (C=O) groups excluding carboxylic acids is 1. The number of aromatic amines is 1. The van der Waals surface area contributed by atoms with Crippen LogP contribution in [0.15, 0.2) is 40.9 Å². The quantitative estimate of drug-likeness (QED) is 0.631. The number of fused-ring (bicyclic) bond motifs is 1. The predicted molar refractivity (Wildman–Crippen MR) is 95.1 cm³/mol. The summed E-state index contributed by atoms with van der Waals surface area (Å²) < 4.78 is 37.8. The van der Waals surface area contributed by atoms with Crippen LogP contribution in [0.3, 0.4) is 0 Å². The van der Waals surface area contributed by atoms with Crippen molar-refractivity contribution in [1.82, 2.24) is 10.2 Å². The molecule has 0 saturated carbocycles. The van der Waals surface area contributed by atoms with Gasteiger partial charge in [0.25, 0.3) is 5.91 Å². The van der Waals surface area contributed by atoms with Gasteiger partial charge in [0.05, 0.1) is 12.1 Å². The van der Waals surface area contributed by atoms with Crippen molar-refractivity contribution < 1.29 is 23.0 Å². The second kappa shape index (κ2) is 7.79. The molecule has 9 heteroatoms. The molecule has 0 fully saturated rings. The van der Waals surface area contributed by atoms with Crippen LogP contribution in [0.25, 0.3) is 10.9 Å². The van der Waals surface area contributed by atoms with Crippen LogP contribution in [-0.4, -0.2) is 35.9 Å². The molecular weight excluding hydrogens is 412 g/mol. The van der Waals surface area contributed by atoms with Crippen molar-refractivity contribution in [2.24, 2.45) is 0 Å². The number of nitrogens with zero attached hydrogens (tertiary/aromatic N) is 1. The van der Waals surface area contributed by atoms with Crippen LogP contribution in [0, 0.1) is 11.6 Å². The van der Waals surface area contributed by atoms with Crippen molar-refractivity contribution in [2.45, 2.75) is 6.10 Å². The smallest absolute Gasteiger partial charge is 0.269 e. The van der Waals surface area contributed by atoms with E-state index in [0.29, 0.717) is 17.3 Å². The van der Waals surface area contributed by atoms with Gasteiger partial charge in [-0.1, -0.05) is 15.9 Å². The summed E-state index contributed by atoms with van der Waals surface area (Å²) in [4.78, 5) is 12.5. The number of nitrogens with one attached hydrogen (secondary N) is 2. The van der Waals surface area contributed by atoms with Crippen LogP contribution in [0.5, 0.6) is 5.75 Å². The molecule has 1 aromatic heterocycles. The van der Waals surface area contributed by atoms with Gasteiger partial charge in [0.15, 0.2) is 5.82 Å². The first-order chi connectivity index (χ1) is 12.5. The number of halogens is 3. The molecule has 1 heterocycles. The lowest BCUT2D eigenvalue weighted by Gasteiger charge is -2.17. The summed E-state index contributed by atoms with van der Waals surface area (Å²) >= 11 is 3.36. The summed E-state index contributed by atoms with van der Waals surface area (Å²) in [6, 6.07) is 8.12. The van der Waals surface area contributed by atoms with Crippen molar-refractivity contribution in [3.8, 4) is 5.75 Å². The fraction of sp³-hybridized carbons (Fsp3) is 0.176. The van der Waals surface area contributed by atoms with Gasteiger partial charge < -0.3 is 14.8 Å². The molecule has 6 nitrogen and oxygen atoms in total. The molecule has 0 aliphatic carbocycles. The summed E-state index contributed by atoms with van der Waals surface area (Å²) in [6.45, 7) is -0.115. The zero-order chi connectivity index (χ0) is 18.7. The Morgan fingerprint density at radius 2 is 2.00 bits per heavy atom. The first-order valence-electron chi connectivity index (χ1n) is 7.52. The van der Waals surface area contributed by atoms with E-state index in [9.17, 15) is 13.6 Å². The lowest BCUT2D eigenvalue weighted by Crippen LogP contribution is -2.36. The number of anilines is 1. The number of rotatable bonds is 6. The first-order valence-corrected chi connectivity index (χ1v) is 8.32. The summed E-state index contributed by atoms with van der Waals surface area (Å²) in [5.41, 5.74) is 0.736. The van der Waals surface area contributed by atoms with Gasteiger partial charge in [0.1, 0.15) is 17.4 Å². The highest BCUT2D eigenvalue weighted by Gasteiger charge is 2.23. The number of amides is 1. The molecule has 26 heavy (non-hydrogen) atoms. The number of carbonyl (C=O) groups is 1. The molecule has 0 spiro atoms. The maximum Gasteiger partial charge on any atom is 0.269 e. The Morgan fingerprint density at radius 3 is 2.69 bits per heavy atom. The summed E-state index contributed by atoms with van der Waals surface area (Å²) in [5, 5.41) is 10.2. The van der Waals surface area contributed by atoms with E-state index in [-0.39, 0.29) is 12.4 Å². The molecule has 0 saturated heterocycles. The standard InChI is InChI=1S/C17H14BrF2N3O3/c1-25-8-15(26-12-6-10(19)5-11(20)7-12)17(24)21-16-13-4-9(18)2-3-14(13)22-23-16/h2-7,15H,8H2,1H3,(H2,21,22,23,24). The second-order valence-corrected chi connectivity index (χ2v) is 6.33. The average Bonchev–Trinajstić information content (AvgIpc) is 2.95. The van der Waals surface area contributed by atoms with E-state index in [2.05, 4.69) is 31.4 Å². The highest BCUT2D eigenvalue weighted by atomic mass is 79.9. The van der Waals surface area contributed by atoms with Crippen molar-refractivity contribution in [3.63, 3.8) is 0 Å². The monoisotopic (exact) mass is 425 g/mol. The molecule has 1 unspecified atom stereocenters. The van der Waals surface area contributed by atoms with Gasteiger partial charge in [0.2, 0.25) is 6.10 Å². The lowest BCUT2D eigenvalue weighted by atomic mass is 10.2. The van der Waals surface area contributed by atoms with Crippen LogP contribution in [0.2, 0.25) is 0 Å². The number of hydrogen-bond donors (Lipinski definition) is 2. The zero-order valence-electron chi connectivity index (χ0n) is 13.6. The molecule has 0 bridgehead atoms. The molecule has 2 aromatic carbocycles. The van der Waals surface area contributed by atoms with Crippen molar-refractivity contribution in [1.29, 1.82) is 0 Å². The van der Waals surface area contributed by atoms with Crippen LogP contribution < -0.4 is 10.1 Å². The van der Waals surface area contributed by atoms with Crippen molar-refractivity contribution in [2.75, 3.05) is 19.0 Å². The number of hydrogen-bond acceptors (Lipinski definition) is 4. The minimum absolute atomic E-state index is 0.115. The molecule has 0 radical (unpaired) electrons. The normalized spacial score (nSPS) is 12.2. The molecule has 0 aliphatic rings. The topological polar surface area (TPSA) is 76.2 Å². The Labute approximate surface area is 155 Å². The third kappa shape index (κ3) is 4.17. The van der Waals surface area contributed by atoms with Crippen LogP contribution in [0.4, 0.5) is 14.6 Å².